The maximum absolute atomic E-state index is 12.3. The van der Waals surface area contributed by atoms with Crippen LogP contribution in [0.4, 0.5) is 5.69 Å². The third kappa shape index (κ3) is 4.12. The molecule has 0 bridgehead atoms. The van der Waals surface area contributed by atoms with Crippen molar-refractivity contribution in [1.82, 2.24) is 4.72 Å². The first-order chi connectivity index (χ1) is 8.79. The summed E-state index contributed by atoms with van der Waals surface area (Å²) in [7, 11) is -3.54. The van der Waals surface area contributed by atoms with Gasteiger partial charge in [-0.15, -0.1) is 0 Å². The third-order valence-electron chi connectivity index (χ3n) is 3.05. The van der Waals surface area contributed by atoms with Crippen LogP contribution in [0.1, 0.15) is 18.1 Å². The highest BCUT2D eigenvalue weighted by molar-refractivity contribution is 7.98. The first-order valence-electron chi connectivity index (χ1n) is 6.14. The SMILES string of the molecule is CSCC(C)CNS(=O)(=O)c1c(N)ccc(C)c1C. The van der Waals surface area contributed by atoms with Crippen LogP contribution in [0, 0.1) is 19.8 Å². The molecule has 1 aromatic carbocycles. The lowest BCUT2D eigenvalue weighted by molar-refractivity contribution is 0.562. The highest BCUT2D eigenvalue weighted by Gasteiger charge is 2.21. The molecule has 0 aliphatic rings. The Hall–Kier alpha value is -0.720. The maximum Gasteiger partial charge on any atom is 0.242 e. The average Bonchev–Trinajstić information content (AvgIpc) is 2.32. The molecule has 1 unspecified atom stereocenters. The Kier molecular flexibility index (Phi) is 5.70. The summed E-state index contributed by atoms with van der Waals surface area (Å²) in [4.78, 5) is 0.212. The van der Waals surface area contributed by atoms with E-state index in [0.29, 0.717) is 17.8 Å². The van der Waals surface area contributed by atoms with Crippen LogP contribution in [0.25, 0.3) is 0 Å². The van der Waals surface area contributed by atoms with Gasteiger partial charge >= 0.3 is 0 Å². The van der Waals surface area contributed by atoms with Crippen molar-refractivity contribution in [1.29, 1.82) is 0 Å². The van der Waals surface area contributed by atoms with E-state index in [1.165, 1.54) is 0 Å². The second kappa shape index (κ2) is 6.63. The summed E-state index contributed by atoms with van der Waals surface area (Å²) in [6, 6.07) is 3.47. The van der Waals surface area contributed by atoms with E-state index < -0.39 is 10.0 Å². The zero-order chi connectivity index (χ0) is 14.6. The molecule has 0 aliphatic heterocycles. The maximum atomic E-state index is 12.3. The molecular weight excluding hydrogens is 280 g/mol. The zero-order valence-electron chi connectivity index (χ0n) is 11.9. The second-order valence-corrected chi connectivity index (χ2v) is 7.45. The zero-order valence-corrected chi connectivity index (χ0v) is 13.5. The Morgan fingerprint density at radius 2 is 2.00 bits per heavy atom. The van der Waals surface area contributed by atoms with Crippen LogP contribution in [-0.4, -0.2) is 27.0 Å². The van der Waals surface area contributed by atoms with Gasteiger partial charge in [0.25, 0.3) is 0 Å². The van der Waals surface area contributed by atoms with Gasteiger partial charge in [-0.25, -0.2) is 13.1 Å². The molecule has 0 aliphatic carbocycles. The summed E-state index contributed by atoms with van der Waals surface area (Å²) in [5.41, 5.74) is 7.75. The molecule has 19 heavy (non-hydrogen) atoms. The molecule has 3 N–H and O–H groups in total. The molecule has 0 amide bonds. The molecule has 0 saturated carbocycles. The van der Waals surface area contributed by atoms with Crippen molar-refractivity contribution in [2.45, 2.75) is 25.7 Å². The largest absolute Gasteiger partial charge is 0.398 e. The first kappa shape index (κ1) is 16.3. The lowest BCUT2D eigenvalue weighted by Crippen LogP contribution is -2.30. The van der Waals surface area contributed by atoms with Gasteiger partial charge in [-0.05, 0) is 49.0 Å². The molecule has 0 fully saturated rings. The van der Waals surface area contributed by atoms with E-state index in [1.807, 2.05) is 26.2 Å². The predicted molar refractivity (Wildman–Crippen MR) is 83.1 cm³/mol. The smallest absolute Gasteiger partial charge is 0.242 e. The van der Waals surface area contributed by atoms with Crippen molar-refractivity contribution in [3.63, 3.8) is 0 Å². The van der Waals surface area contributed by atoms with Crippen molar-refractivity contribution < 1.29 is 8.42 Å². The van der Waals surface area contributed by atoms with E-state index in [-0.39, 0.29) is 10.8 Å². The fourth-order valence-corrected chi connectivity index (χ4v) is 4.11. The van der Waals surface area contributed by atoms with E-state index >= 15 is 0 Å². The Morgan fingerprint density at radius 1 is 1.37 bits per heavy atom. The van der Waals surface area contributed by atoms with E-state index in [0.717, 1.165) is 11.3 Å². The second-order valence-electron chi connectivity index (χ2n) is 4.84. The number of anilines is 1. The molecule has 1 atom stereocenters. The fourth-order valence-electron chi connectivity index (χ4n) is 1.84. The number of thioether (sulfide) groups is 1. The summed E-state index contributed by atoms with van der Waals surface area (Å²) in [6.45, 7) is 6.11. The van der Waals surface area contributed by atoms with Gasteiger partial charge in [-0.3, -0.25) is 0 Å². The summed E-state index contributed by atoms with van der Waals surface area (Å²) in [6.07, 6.45) is 2.01. The van der Waals surface area contributed by atoms with Gasteiger partial charge < -0.3 is 5.73 Å². The minimum absolute atomic E-state index is 0.212. The molecule has 0 spiro atoms. The lowest BCUT2D eigenvalue weighted by Gasteiger charge is -2.15. The van der Waals surface area contributed by atoms with E-state index in [4.69, 9.17) is 5.73 Å². The van der Waals surface area contributed by atoms with Crippen LogP contribution < -0.4 is 10.5 Å². The number of sulfonamides is 1. The number of nitrogens with one attached hydrogen (secondary N) is 1. The van der Waals surface area contributed by atoms with Crippen molar-refractivity contribution >= 4 is 27.5 Å². The average molecular weight is 302 g/mol. The van der Waals surface area contributed by atoms with Gasteiger partial charge in [0.15, 0.2) is 0 Å². The summed E-state index contributed by atoms with van der Waals surface area (Å²) < 4.78 is 27.3. The molecule has 0 aromatic heterocycles. The van der Waals surface area contributed by atoms with Crippen LogP contribution in [0.3, 0.4) is 0 Å². The van der Waals surface area contributed by atoms with Crippen molar-refractivity contribution in [3.05, 3.63) is 23.3 Å². The number of benzene rings is 1. The molecule has 0 radical (unpaired) electrons. The first-order valence-corrected chi connectivity index (χ1v) is 9.01. The standard InChI is InChI=1S/C13H22N2O2S2/c1-9(8-18-4)7-15-19(16,17)13-11(3)10(2)5-6-12(13)14/h5-6,9,15H,7-8,14H2,1-4H3. The quantitative estimate of drug-likeness (QED) is 0.790. The molecule has 0 saturated heterocycles. The van der Waals surface area contributed by atoms with Gasteiger partial charge in [0.05, 0.1) is 5.69 Å². The fraction of sp³-hybridized carbons (Fsp3) is 0.538. The highest BCUT2D eigenvalue weighted by Crippen LogP contribution is 2.25. The normalized spacial score (nSPS) is 13.5. The minimum Gasteiger partial charge on any atom is -0.398 e. The van der Waals surface area contributed by atoms with Gasteiger partial charge in [-0.2, -0.15) is 11.8 Å². The van der Waals surface area contributed by atoms with Crippen molar-refractivity contribution in [3.8, 4) is 0 Å². The van der Waals surface area contributed by atoms with Crippen LogP contribution in [0.2, 0.25) is 0 Å². The Labute approximate surface area is 120 Å². The van der Waals surface area contributed by atoms with Crippen LogP contribution in [0.15, 0.2) is 17.0 Å². The third-order valence-corrected chi connectivity index (χ3v) is 5.58. The van der Waals surface area contributed by atoms with Gasteiger partial charge in [0.1, 0.15) is 4.90 Å². The highest BCUT2D eigenvalue weighted by atomic mass is 32.2. The number of hydrogen-bond acceptors (Lipinski definition) is 4. The van der Waals surface area contributed by atoms with Crippen LogP contribution >= 0.6 is 11.8 Å². The lowest BCUT2D eigenvalue weighted by atomic mass is 10.1. The molecule has 1 rings (SSSR count). The number of nitrogens with two attached hydrogens (primary N) is 1. The molecule has 1 aromatic rings. The molecular formula is C13H22N2O2S2. The Morgan fingerprint density at radius 3 is 2.58 bits per heavy atom. The molecule has 6 heteroatoms. The van der Waals surface area contributed by atoms with Gasteiger partial charge in [-0.1, -0.05) is 13.0 Å². The van der Waals surface area contributed by atoms with E-state index in [1.54, 1.807) is 24.8 Å². The van der Waals surface area contributed by atoms with E-state index in [9.17, 15) is 8.42 Å². The molecule has 0 heterocycles. The van der Waals surface area contributed by atoms with Crippen LogP contribution in [0.5, 0.6) is 0 Å². The topological polar surface area (TPSA) is 72.2 Å². The Bertz CT molecular complexity index is 542. The van der Waals surface area contributed by atoms with Gasteiger partial charge in [0, 0.05) is 6.54 Å². The van der Waals surface area contributed by atoms with Gasteiger partial charge in [0.2, 0.25) is 10.0 Å². The van der Waals surface area contributed by atoms with Crippen LogP contribution in [-0.2, 0) is 10.0 Å². The monoisotopic (exact) mass is 302 g/mol. The molecule has 108 valence electrons. The number of rotatable bonds is 6. The number of aryl methyl sites for hydroxylation is 1. The number of hydrogen-bond donors (Lipinski definition) is 2. The predicted octanol–water partition coefficient (Wildman–Crippen LogP) is 2.16. The van der Waals surface area contributed by atoms with Crippen molar-refractivity contribution in [2.24, 2.45) is 5.92 Å². The summed E-state index contributed by atoms with van der Waals surface area (Å²) in [5, 5.41) is 0. The Balaban J connectivity index is 2.98. The van der Waals surface area contributed by atoms with E-state index in [2.05, 4.69) is 4.72 Å². The molecule has 4 nitrogen and oxygen atoms in total. The summed E-state index contributed by atoms with van der Waals surface area (Å²) >= 11 is 1.71. The minimum atomic E-state index is -3.54. The van der Waals surface area contributed by atoms with Crippen molar-refractivity contribution in [2.75, 3.05) is 24.3 Å². The summed E-state index contributed by atoms with van der Waals surface area (Å²) in [5.74, 6) is 1.21. The number of nitrogen functional groups attached to an aromatic ring is 1.